The standard InChI is InChI=1S/C13H9FINO5/c1-19-12(17)9-10(13(18)20-2)21-11(16-9)7-4-3-6(14)5-8(7)15/h3-5H,1-2H3. The Balaban J connectivity index is 2.58. The van der Waals surface area contributed by atoms with Gasteiger partial charge in [0.15, 0.2) is 0 Å². The highest BCUT2D eigenvalue weighted by Crippen LogP contribution is 2.28. The number of aromatic nitrogens is 1. The summed E-state index contributed by atoms with van der Waals surface area (Å²) < 4.78 is 28.0. The molecule has 0 aliphatic rings. The Bertz CT molecular complexity index is 679. The topological polar surface area (TPSA) is 78.6 Å². The third-order valence-electron chi connectivity index (χ3n) is 2.54. The maximum atomic E-state index is 13.1. The molecule has 0 radical (unpaired) electrons. The second kappa shape index (κ2) is 6.20. The van der Waals surface area contributed by atoms with Gasteiger partial charge in [-0.25, -0.2) is 19.0 Å². The summed E-state index contributed by atoms with van der Waals surface area (Å²) in [5.41, 5.74) is 0.150. The van der Waals surface area contributed by atoms with E-state index in [1.54, 1.807) is 0 Å². The molecule has 0 aliphatic heterocycles. The van der Waals surface area contributed by atoms with Gasteiger partial charge < -0.3 is 13.9 Å². The second-order valence-electron chi connectivity index (χ2n) is 3.80. The highest BCUT2D eigenvalue weighted by molar-refractivity contribution is 14.1. The number of ether oxygens (including phenoxy) is 2. The van der Waals surface area contributed by atoms with E-state index in [2.05, 4.69) is 14.5 Å². The molecule has 0 saturated carbocycles. The van der Waals surface area contributed by atoms with Crippen LogP contribution in [0.2, 0.25) is 0 Å². The predicted molar refractivity (Wildman–Crippen MR) is 77.3 cm³/mol. The maximum Gasteiger partial charge on any atom is 0.376 e. The minimum atomic E-state index is -0.855. The Morgan fingerprint density at radius 1 is 1.24 bits per heavy atom. The molecule has 1 aromatic carbocycles. The van der Waals surface area contributed by atoms with Crippen LogP contribution in [0, 0.1) is 9.39 Å². The molecule has 6 nitrogen and oxygen atoms in total. The van der Waals surface area contributed by atoms with E-state index in [1.165, 1.54) is 18.2 Å². The van der Waals surface area contributed by atoms with E-state index in [0.29, 0.717) is 9.13 Å². The number of hydrogen-bond acceptors (Lipinski definition) is 6. The van der Waals surface area contributed by atoms with Crippen molar-refractivity contribution in [1.82, 2.24) is 4.98 Å². The predicted octanol–water partition coefficient (Wildman–Crippen LogP) is 2.66. The Labute approximate surface area is 132 Å². The smallest absolute Gasteiger partial charge is 0.376 e. The fourth-order valence-electron chi connectivity index (χ4n) is 1.56. The molecule has 0 spiro atoms. The number of carbonyl (C=O) groups excluding carboxylic acids is 2. The number of methoxy groups -OCH3 is 2. The zero-order valence-electron chi connectivity index (χ0n) is 11.0. The van der Waals surface area contributed by atoms with E-state index in [4.69, 9.17) is 4.42 Å². The van der Waals surface area contributed by atoms with Crippen LogP contribution < -0.4 is 0 Å². The Kier molecular flexibility index (Phi) is 4.56. The lowest BCUT2D eigenvalue weighted by molar-refractivity contribution is 0.0527. The lowest BCUT2D eigenvalue weighted by atomic mass is 10.2. The van der Waals surface area contributed by atoms with Gasteiger partial charge in [0.2, 0.25) is 17.3 Å². The Morgan fingerprint density at radius 3 is 2.48 bits per heavy atom. The first kappa shape index (κ1) is 15.4. The molecular formula is C13H9FINO5. The van der Waals surface area contributed by atoms with Gasteiger partial charge in [0.1, 0.15) is 5.82 Å². The molecule has 0 fully saturated rings. The van der Waals surface area contributed by atoms with Crippen molar-refractivity contribution >= 4 is 34.5 Å². The largest absolute Gasteiger partial charge is 0.464 e. The fraction of sp³-hybridized carbons (Fsp3) is 0.154. The van der Waals surface area contributed by atoms with E-state index >= 15 is 0 Å². The van der Waals surface area contributed by atoms with Crippen LogP contribution in [0.4, 0.5) is 4.39 Å². The van der Waals surface area contributed by atoms with Gasteiger partial charge in [0.05, 0.1) is 19.8 Å². The van der Waals surface area contributed by atoms with Crippen LogP contribution in [0.3, 0.4) is 0 Å². The number of carbonyl (C=O) groups is 2. The van der Waals surface area contributed by atoms with Crippen molar-refractivity contribution in [2.24, 2.45) is 0 Å². The minimum absolute atomic E-state index is 0.000185. The third kappa shape index (κ3) is 3.04. The Morgan fingerprint density at radius 2 is 1.90 bits per heavy atom. The molecule has 0 saturated heterocycles. The van der Waals surface area contributed by atoms with Crippen LogP contribution in [0.15, 0.2) is 22.6 Å². The molecule has 0 unspecified atom stereocenters. The highest BCUT2D eigenvalue weighted by atomic mass is 127. The molecule has 0 bridgehead atoms. The van der Waals surface area contributed by atoms with E-state index in [1.807, 2.05) is 22.6 Å². The molecule has 21 heavy (non-hydrogen) atoms. The van der Waals surface area contributed by atoms with Gasteiger partial charge in [0.25, 0.3) is 0 Å². The average molecular weight is 405 g/mol. The van der Waals surface area contributed by atoms with E-state index < -0.39 is 17.8 Å². The van der Waals surface area contributed by atoms with Crippen LogP contribution in [0.25, 0.3) is 11.5 Å². The summed E-state index contributed by atoms with van der Waals surface area (Å²) in [6.45, 7) is 0. The number of esters is 2. The van der Waals surface area contributed by atoms with Crippen molar-refractivity contribution in [3.8, 4) is 11.5 Å². The number of oxazole rings is 1. The Hall–Kier alpha value is -1.97. The summed E-state index contributed by atoms with van der Waals surface area (Å²) in [4.78, 5) is 27.2. The first-order valence-electron chi connectivity index (χ1n) is 5.60. The molecule has 8 heteroatoms. The second-order valence-corrected chi connectivity index (χ2v) is 4.97. The molecule has 1 heterocycles. The van der Waals surface area contributed by atoms with Gasteiger partial charge in [-0.15, -0.1) is 0 Å². The molecule has 110 valence electrons. The average Bonchev–Trinajstić information content (AvgIpc) is 2.90. The summed E-state index contributed by atoms with van der Waals surface area (Å²) in [7, 11) is 2.30. The van der Waals surface area contributed by atoms with Crippen LogP contribution >= 0.6 is 22.6 Å². The molecular weight excluding hydrogens is 396 g/mol. The number of halogens is 2. The molecule has 0 aliphatic carbocycles. The van der Waals surface area contributed by atoms with Crippen molar-refractivity contribution in [3.63, 3.8) is 0 Å². The zero-order chi connectivity index (χ0) is 15.6. The third-order valence-corrected chi connectivity index (χ3v) is 3.43. The number of hydrogen-bond donors (Lipinski definition) is 0. The van der Waals surface area contributed by atoms with Crippen LogP contribution in [0.5, 0.6) is 0 Å². The van der Waals surface area contributed by atoms with E-state index in [-0.39, 0.29) is 17.3 Å². The molecule has 0 amide bonds. The first-order chi connectivity index (χ1) is 9.97. The van der Waals surface area contributed by atoms with Crippen molar-refractivity contribution in [3.05, 3.63) is 39.0 Å². The molecule has 0 N–H and O–H groups in total. The number of benzene rings is 1. The summed E-state index contributed by atoms with van der Waals surface area (Å²) in [6.07, 6.45) is 0. The quantitative estimate of drug-likeness (QED) is 0.577. The normalized spacial score (nSPS) is 10.3. The summed E-state index contributed by atoms with van der Waals surface area (Å²) in [6, 6.07) is 3.93. The van der Waals surface area contributed by atoms with Crippen molar-refractivity contribution in [1.29, 1.82) is 0 Å². The molecule has 1 aromatic heterocycles. The number of nitrogens with zero attached hydrogens (tertiary/aromatic N) is 1. The summed E-state index contributed by atoms with van der Waals surface area (Å²) in [5.74, 6) is -2.47. The lowest BCUT2D eigenvalue weighted by Gasteiger charge is -1.99. The zero-order valence-corrected chi connectivity index (χ0v) is 13.1. The van der Waals surface area contributed by atoms with Crippen molar-refractivity contribution in [2.45, 2.75) is 0 Å². The van der Waals surface area contributed by atoms with Crippen molar-refractivity contribution in [2.75, 3.05) is 14.2 Å². The van der Waals surface area contributed by atoms with Gasteiger partial charge in [-0.3, -0.25) is 0 Å². The van der Waals surface area contributed by atoms with Gasteiger partial charge in [-0.05, 0) is 40.8 Å². The van der Waals surface area contributed by atoms with Crippen LogP contribution in [0.1, 0.15) is 21.0 Å². The van der Waals surface area contributed by atoms with E-state index in [9.17, 15) is 14.0 Å². The van der Waals surface area contributed by atoms with Gasteiger partial charge in [-0.2, -0.15) is 0 Å². The van der Waals surface area contributed by atoms with Crippen molar-refractivity contribution < 1.29 is 27.9 Å². The molecule has 2 rings (SSSR count). The van der Waals surface area contributed by atoms with Gasteiger partial charge in [0, 0.05) is 3.57 Å². The minimum Gasteiger partial charge on any atom is -0.464 e. The SMILES string of the molecule is COC(=O)c1nc(-c2ccc(F)cc2I)oc1C(=O)OC. The first-order valence-corrected chi connectivity index (χ1v) is 6.68. The maximum absolute atomic E-state index is 13.1. The lowest BCUT2D eigenvalue weighted by Crippen LogP contribution is -2.10. The summed E-state index contributed by atoms with van der Waals surface area (Å²) in [5, 5.41) is 0. The summed E-state index contributed by atoms with van der Waals surface area (Å²) >= 11 is 1.89. The highest BCUT2D eigenvalue weighted by Gasteiger charge is 2.28. The molecule has 2 aromatic rings. The van der Waals surface area contributed by atoms with Gasteiger partial charge in [-0.1, -0.05) is 0 Å². The van der Waals surface area contributed by atoms with Crippen LogP contribution in [-0.2, 0) is 9.47 Å². The monoisotopic (exact) mass is 405 g/mol. The van der Waals surface area contributed by atoms with Crippen LogP contribution in [-0.4, -0.2) is 31.1 Å². The molecule has 0 atom stereocenters. The fourth-order valence-corrected chi connectivity index (χ4v) is 2.27. The van der Waals surface area contributed by atoms with E-state index in [0.717, 1.165) is 14.2 Å². The number of rotatable bonds is 3. The van der Waals surface area contributed by atoms with Gasteiger partial charge >= 0.3 is 11.9 Å².